The Hall–Kier alpha value is -3.40. The summed E-state index contributed by atoms with van der Waals surface area (Å²) in [7, 11) is 0. The molecular weight excluding hydrogens is 394 g/mol. The van der Waals surface area contributed by atoms with Gasteiger partial charge < -0.3 is 25.2 Å². The summed E-state index contributed by atoms with van der Waals surface area (Å²) < 4.78 is 5.25. The number of hydrogen-bond donors (Lipinski definition) is 3. The molecule has 1 aromatic carbocycles. The average Bonchev–Trinajstić information content (AvgIpc) is 3.12. The molecular formula is C20H23N3O7. The van der Waals surface area contributed by atoms with Crippen LogP contribution in [0, 0.1) is 0 Å². The zero-order chi connectivity index (χ0) is 21.8. The molecule has 30 heavy (non-hydrogen) atoms. The van der Waals surface area contributed by atoms with Crippen LogP contribution in [-0.4, -0.2) is 77.4 Å². The highest BCUT2D eigenvalue weighted by atomic mass is 16.6. The van der Waals surface area contributed by atoms with Crippen LogP contribution in [0.3, 0.4) is 0 Å². The largest absolute Gasteiger partial charge is 0.480 e. The highest BCUT2D eigenvalue weighted by Crippen LogP contribution is 2.29. The summed E-state index contributed by atoms with van der Waals surface area (Å²) in [4.78, 5) is 49.1. The number of anilines is 1. The summed E-state index contributed by atoms with van der Waals surface area (Å²) in [6.45, 7) is 1.29. The second kappa shape index (κ2) is 8.95. The first-order valence-electron chi connectivity index (χ1n) is 9.45. The highest BCUT2D eigenvalue weighted by molar-refractivity contribution is 5.91. The summed E-state index contributed by atoms with van der Waals surface area (Å²) >= 11 is 0. The van der Waals surface area contributed by atoms with Crippen molar-refractivity contribution in [3.8, 4) is 0 Å². The summed E-state index contributed by atoms with van der Waals surface area (Å²) in [5.74, 6) is -1.97. The molecule has 0 saturated carbocycles. The Bertz CT molecular complexity index is 881. The normalized spacial score (nSPS) is 21.1. The lowest BCUT2D eigenvalue weighted by Gasteiger charge is -2.32. The zero-order valence-corrected chi connectivity index (χ0v) is 16.4. The Morgan fingerprint density at radius 1 is 1.23 bits per heavy atom. The van der Waals surface area contributed by atoms with E-state index in [1.165, 1.54) is 11.8 Å². The van der Waals surface area contributed by atoms with E-state index in [2.05, 4.69) is 5.32 Å². The fraction of sp³-hybridized carbons (Fsp3) is 0.400. The minimum Gasteiger partial charge on any atom is -0.480 e. The van der Waals surface area contributed by atoms with Crippen molar-refractivity contribution in [1.29, 1.82) is 0 Å². The van der Waals surface area contributed by atoms with Gasteiger partial charge in [-0.25, -0.2) is 9.59 Å². The maximum atomic E-state index is 12.1. The van der Waals surface area contributed by atoms with Crippen LogP contribution in [0.1, 0.15) is 18.9 Å². The van der Waals surface area contributed by atoms with Gasteiger partial charge in [-0.15, -0.1) is 0 Å². The van der Waals surface area contributed by atoms with Gasteiger partial charge in [0.05, 0.1) is 13.1 Å². The van der Waals surface area contributed by atoms with Gasteiger partial charge in [0.2, 0.25) is 11.8 Å². The van der Waals surface area contributed by atoms with Crippen molar-refractivity contribution in [2.45, 2.75) is 25.5 Å². The number of rotatable bonds is 6. The van der Waals surface area contributed by atoms with Crippen LogP contribution in [0.15, 0.2) is 30.3 Å². The van der Waals surface area contributed by atoms with Crippen LogP contribution in [0.25, 0.3) is 5.57 Å². The quantitative estimate of drug-likeness (QED) is 0.602. The Morgan fingerprint density at radius 3 is 2.53 bits per heavy atom. The SMILES string of the molecule is CC(=O)NC[C@H]1CN(c2ccc(C3=CCN(C(=O)CO)C(C(=O)O)C3)cc2)C(=O)O1. The van der Waals surface area contributed by atoms with Gasteiger partial charge in [0.1, 0.15) is 18.8 Å². The van der Waals surface area contributed by atoms with Gasteiger partial charge in [-0.1, -0.05) is 18.2 Å². The number of carbonyl (C=O) groups excluding carboxylic acids is 3. The number of amides is 3. The van der Waals surface area contributed by atoms with Crippen LogP contribution >= 0.6 is 0 Å². The summed E-state index contributed by atoms with van der Waals surface area (Å²) in [6, 6.07) is 5.97. The molecule has 10 nitrogen and oxygen atoms in total. The lowest BCUT2D eigenvalue weighted by molar-refractivity contribution is -0.150. The van der Waals surface area contributed by atoms with E-state index in [9.17, 15) is 24.3 Å². The molecule has 2 heterocycles. The number of carboxylic acids is 1. The summed E-state index contributed by atoms with van der Waals surface area (Å²) in [5, 5.41) is 21.1. The van der Waals surface area contributed by atoms with E-state index in [1.54, 1.807) is 30.3 Å². The number of benzene rings is 1. The van der Waals surface area contributed by atoms with Crippen LogP contribution < -0.4 is 10.2 Å². The average molecular weight is 417 g/mol. The van der Waals surface area contributed by atoms with Crippen molar-refractivity contribution in [3.63, 3.8) is 0 Å². The smallest absolute Gasteiger partial charge is 0.414 e. The summed E-state index contributed by atoms with van der Waals surface area (Å²) in [5.41, 5.74) is 2.17. The molecule has 1 saturated heterocycles. The molecule has 2 aliphatic heterocycles. The van der Waals surface area contributed by atoms with E-state index in [4.69, 9.17) is 9.84 Å². The van der Waals surface area contributed by atoms with Crippen molar-refractivity contribution < 1.29 is 34.1 Å². The molecule has 1 unspecified atom stereocenters. The molecule has 0 radical (unpaired) electrons. The van der Waals surface area contributed by atoms with Crippen molar-refractivity contribution in [3.05, 3.63) is 35.9 Å². The van der Waals surface area contributed by atoms with Crippen molar-refractivity contribution >= 4 is 35.1 Å². The van der Waals surface area contributed by atoms with Gasteiger partial charge in [0.15, 0.2) is 0 Å². The topological polar surface area (TPSA) is 136 Å². The van der Waals surface area contributed by atoms with Gasteiger partial charge >= 0.3 is 12.1 Å². The fourth-order valence-corrected chi connectivity index (χ4v) is 3.51. The number of aliphatic hydroxyl groups excluding tert-OH is 1. The monoisotopic (exact) mass is 417 g/mol. The minimum absolute atomic E-state index is 0.0940. The van der Waals surface area contributed by atoms with E-state index in [-0.39, 0.29) is 25.4 Å². The second-order valence-electron chi connectivity index (χ2n) is 7.09. The Balaban J connectivity index is 1.71. The fourth-order valence-electron chi connectivity index (χ4n) is 3.51. The molecule has 10 heteroatoms. The van der Waals surface area contributed by atoms with E-state index < -0.39 is 36.7 Å². The van der Waals surface area contributed by atoms with Crippen LogP contribution in [-0.2, 0) is 19.1 Å². The van der Waals surface area contributed by atoms with E-state index >= 15 is 0 Å². The molecule has 2 atom stereocenters. The van der Waals surface area contributed by atoms with Crippen LogP contribution in [0.4, 0.5) is 10.5 Å². The Kier molecular flexibility index (Phi) is 6.36. The first-order valence-corrected chi connectivity index (χ1v) is 9.45. The highest BCUT2D eigenvalue weighted by Gasteiger charge is 2.34. The number of carbonyl (C=O) groups is 4. The third kappa shape index (κ3) is 4.60. The number of aliphatic carboxylic acids is 1. The standard InChI is InChI=1S/C20H23N3O7/c1-12(25)21-9-16-10-23(20(29)30-16)15-4-2-13(3-5-15)14-6-7-22(18(26)11-24)17(8-14)19(27)28/h2-6,16-17,24H,7-11H2,1H3,(H,21,25)(H,27,28)/t16-,17?/m0/s1. The molecule has 1 fully saturated rings. The predicted octanol–water partition coefficient (Wildman–Crippen LogP) is 0.209. The number of ether oxygens (including phenoxy) is 1. The molecule has 0 aromatic heterocycles. The number of aliphatic hydroxyl groups is 1. The molecule has 0 bridgehead atoms. The molecule has 1 aromatic rings. The van der Waals surface area contributed by atoms with Crippen LogP contribution in [0.2, 0.25) is 0 Å². The van der Waals surface area contributed by atoms with Gasteiger partial charge in [-0.05, 0) is 23.3 Å². The number of hydrogen-bond acceptors (Lipinski definition) is 6. The van der Waals surface area contributed by atoms with E-state index in [1.807, 2.05) is 0 Å². The number of carboxylic acid groups (broad SMARTS) is 1. The first kappa shape index (κ1) is 21.3. The molecule has 2 aliphatic rings. The molecule has 0 spiro atoms. The second-order valence-corrected chi connectivity index (χ2v) is 7.09. The molecule has 3 rings (SSSR count). The van der Waals surface area contributed by atoms with Crippen LogP contribution in [0.5, 0.6) is 0 Å². The molecule has 3 N–H and O–H groups in total. The molecule has 3 amide bonds. The minimum atomic E-state index is -1.14. The lowest BCUT2D eigenvalue weighted by Crippen LogP contribution is -2.48. The number of nitrogens with zero attached hydrogens (tertiary/aromatic N) is 2. The van der Waals surface area contributed by atoms with Gasteiger partial charge in [-0.3, -0.25) is 14.5 Å². The Labute approximate surface area is 172 Å². The first-order chi connectivity index (χ1) is 14.3. The molecule has 0 aliphatic carbocycles. The molecule has 160 valence electrons. The number of nitrogens with one attached hydrogen (secondary N) is 1. The van der Waals surface area contributed by atoms with E-state index in [0.29, 0.717) is 12.2 Å². The van der Waals surface area contributed by atoms with Gasteiger partial charge in [0, 0.05) is 25.6 Å². The van der Waals surface area contributed by atoms with Crippen molar-refractivity contribution in [2.75, 3.05) is 31.1 Å². The maximum absolute atomic E-state index is 12.1. The van der Waals surface area contributed by atoms with Crippen molar-refractivity contribution in [2.24, 2.45) is 0 Å². The van der Waals surface area contributed by atoms with Gasteiger partial charge in [-0.2, -0.15) is 0 Å². The predicted molar refractivity (Wildman–Crippen MR) is 106 cm³/mol. The summed E-state index contributed by atoms with van der Waals surface area (Å²) in [6.07, 6.45) is 0.938. The van der Waals surface area contributed by atoms with E-state index in [0.717, 1.165) is 16.0 Å². The maximum Gasteiger partial charge on any atom is 0.414 e. The lowest BCUT2D eigenvalue weighted by atomic mass is 9.93. The third-order valence-corrected chi connectivity index (χ3v) is 5.07. The number of cyclic esters (lactones) is 1. The van der Waals surface area contributed by atoms with Gasteiger partial charge in [0.25, 0.3) is 0 Å². The van der Waals surface area contributed by atoms with Crippen molar-refractivity contribution in [1.82, 2.24) is 10.2 Å². The Morgan fingerprint density at radius 2 is 1.93 bits per heavy atom. The third-order valence-electron chi connectivity index (χ3n) is 5.07. The zero-order valence-electron chi connectivity index (χ0n) is 16.4.